The lowest BCUT2D eigenvalue weighted by molar-refractivity contribution is 0.0176. The number of phenolic OH excluding ortho intramolecular Hbond substituents is 1. The van der Waals surface area contributed by atoms with Crippen molar-refractivity contribution in [2.24, 2.45) is 0 Å². The molecule has 0 radical (unpaired) electrons. The van der Waals surface area contributed by atoms with Gasteiger partial charge in [0.1, 0.15) is 11.9 Å². The maximum Gasteiger partial charge on any atom is 0.294 e. The van der Waals surface area contributed by atoms with Crippen molar-refractivity contribution in [2.45, 2.75) is 50.3 Å². The molecule has 0 spiro atoms. The quantitative estimate of drug-likeness (QED) is 0.726. The topological polar surface area (TPSA) is 76.3 Å². The minimum atomic E-state index is 0.166. The lowest BCUT2D eigenvalue weighted by atomic mass is 9.89. The van der Waals surface area contributed by atoms with Crippen LogP contribution in [0.5, 0.6) is 10.9 Å². The summed E-state index contributed by atoms with van der Waals surface area (Å²) < 4.78 is 8.04. The maximum atomic E-state index is 10.5. The second-order valence-corrected chi connectivity index (χ2v) is 8.96. The van der Waals surface area contributed by atoms with Gasteiger partial charge in [-0.2, -0.15) is 0 Å². The first kappa shape index (κ1) is 17.6. The van der Waals surface area contributed by atoms with Gasteiger partial charge in [0, 0.05) is 36.5 Å². The highest BCUT2D eigenvalue weighted by Gasteiger charge is 2.47. The Hall–Kier alpha value is -2.45. The molecular formula is C20H23N5O2S. The summed E-state index contributed by atoms with van der Waals surface area (Å²) in [6.45, 7) is 2.33. The number of phenols is 1. The third kappa shape index (κ3) is 2.97. The van der Waals surface area contributed by atoms with Gasteiger partial charge in [-0.05, 0) is 45.4 Å². The molecule has 1 unspecified atom stereocenters. The third-order valence-electron chi connectivity index (χ3n) is 6.31. The molecule has 2 bridgehead atoms. The van der Waals surface area contributed by atoms with Crippen LogP contribution in [-0.4, -0.2) is 54.5 Å². The van der Waals surface area contributed by atoms with E-state index >= 15 is 0 Å². The van der Waals surface area contributed by atoms with Crippen LogP contribution in [0.2, 0.25) is 0 Å². The molecule has 1 N–H and O–H groups in total. The minimum Gasteiger partial charge on any atom is -0.507 e. The number of piperidine rings is 1. The second-order valence-electron chi connectivity index (χ2n) is 8.02. The van der Waals surface area contributed by atoms with Gasteiger partial charge in [-0.15, -0.1) is 5.10 Å². The standard InChI is InChI=1S/C20H23N5O2S/c1-20-6-5-13(24(20)2)9-15(11-20)27-19-23-22-18(28-19)16-4-3-14(10-17(16)26)25-8-7-21-12-25/h3-4,7-8,10,12-13,15,26H,5-6,9,11H2,1-2H3/t13?,15-,20+/m1/s1. The first-order chi connectivity index (χ1) is 13.5. The monoisotopic (exact) mass is 397 g/mol. The van der Waals surface area contributed by atoms with Crippen LogP contribution in [0.15, 0.2) is 36.9 Å². The Morgan fingerprint density at radius 2 is 2.21 bits per heavy atom. The number of rotatable bonds is 4. The fraction of sp³-hybridized carbons (Fsp3) is 0.450. The highest BCUT2D eigenvalue weighted by molar-refractivity contribution is 7.16. The molecule has 2 fully saturated rings. The van der Waals surface area contributed by atoms with Crippen molar-refractivity contribution >= 4 is 11.3 Å². The summed E-state index contributed by atoms with van der Waals surface area (Å²) in [7, 11) is 2.23. The predicted octanol–water partition coefficient (Wildman–Crippen LogP) is 3.49. The minimum absolute atomic E-state index is 0.166. The van der Waals surface area contributed by atoms with Gasteiger partial charge < -0.3 is 14.4 Å². The molecule has 0 saturated carbocycles. The van der Waals surface area contributed by atoms with Gasteiger partial charge in [-0.1, -0.05) is 16.4 Å². The zero-order chi connectivity index (χ0) is 19.3. The Labute approximate surface area is 167 Å². The van der Waals surface area contributed by atoms with Gasteiger partial charge in [0.15, 0.2) is 5.01 Å². The van der Waals surface area contributed by atoms with Crippen LogP contribution in [0.25, 0.3) is 16.3 Å². The van der Waals surface area contributed by atoms with Crippen molar-refractivity contribution < 1.29 is 9.84 Å². The molecule has 28 heavy (non-hydrogen) atoms. The number of aromatic nitrogens is 4. The van der Waals surface area contributed by atoms with E-state index in [1.54, 1.807) is 18.6 Å². The largest absolute Gasteiger partial charge is 0.507 e. The fourth-order valence-electron chi connectivity index (χ4n) is 4.56. The highest BCUT2D eigenvalue weighted by Crippen LogP contribution is 2.44. The second kappa shape index (κ2) is 6.56. The van der Waals surface area contributed by atoms with Gasteiger partial charge in [0.25, 0.3) is 5.19 Å². The first-order valence-corrected chi connectivity index (χ1v) is 10.4. The predicted molar refractivity (Wildman–Crippen MR) is 107 cm³/mol. The van der Waals surface area contributed by atoms with Crippen molar-refractivity contribution in [3.05, 3.63) is 36.9 Å². The Kier molecular flexibility index (Phi) is 4.13. The lowest BCUT2D eigenvalue weighted by Crippen LogP contribution is -2.51. The Morgan fingerprint density at radius 1 is 1.32 bits per heavy atom. The number of nitrogens with zero attached hydrogens (tertiary/aromatic N) is 5. The van der Waals surface area contributed by atoms with Gasteiger partial charge in [-0.25, -0.2) is 4.98 Å². The van der Waals surface area contributed by atoms with Gasteiger partial charge >= 0.3 is 0 Å². The maximum absolute atomic E-state index is 10.5. The molecule has 0 aliphatic carbocycles. The van der Waals surface area contributed by atoms with Gasteiger partial charge in [-0.3, -0.25) is 4.90 Å². The number of aromatic hydroxyl groups is 1. The number of hydrogen-bond acceptors (Lipinski definition) is 7. The number of fused-ring (bicyclic) bond motifs is 2. The van der Waals surface area contributed by atoms with Crippen molar-refractivity contribution in [3.63, 3.8) is 0 Å². The summed E-state index contributed by atoms with van der Waals surface area (Å²) in [5.74, 6) is 0.166. The summed E-state index contributed by atoms with van der Waals surface area (Å²) in [5.41, 5.74) is 1.73. The average Bonchev–Trinajstić information content (AvgIpc) is 3.38. The van der Waals surface area contributed by atoms with E-state index in [4.69, 9.17) is 4.74 Å². The Balaban J connectivity index is 1.33. The molecule has 2 aliphatic rings. The van der Waals surface area contributed by atoms with Crippen molar-refractivity contribution in [3.8, 4) is 27.2 Å². The third-order valence-corrected chi connectivity index (χ3v) is 7.15. The van der Waals surface area contributed by atoms with E-state index in [2.05, 4.69) is 34.1 Å². The summed E-state index contributed by atoms with van der Waals surface area (Å²) >= 11 is 1.38. The molecule has 0 amide bonds. The van der Waals surface area contributed by atoms with E-state index in [0.717, 1.165) is 18.5 Å². The van der Waals surface area contributed by atoms with Crippen LogP contribution in [-0.2, 0) is 0 Å². The van der Waals surface area contributed by atoms with Crippen molar-refractivity contribution in [1.29, 1.82) is 0 Å². The SMILES string of the molecule is CN1C2CC[C@@]1(C)C[C@H](Oc1nnc(-c3ccc(-n4ccnc4)cc3O)s1)C2. The van der Waals surface area contributed by atoms with E-state index in [1.807, 2.05) is 22.9 Å². The molecular weight excluding hydrogens is 374 g/mol. The summed E-state index contributed by atoms with van der Waals surface area (Å²) in [6, 6.07) is 6.07. The molecule has 3 aromatic rings. The molecule has 1 aromatic carbocycles. The number of hydrogen-bond donors (Lipinski definition) is 1. The summed E-state index contributed by atoms with van der Waals surface area (Å²) in [4.78, 5) is 6.55. The molecule has 2 aliphatic heterocycles. The van der Waals surface area contributed by atoms with Crippen LogP contribution < -0.4 is 4.74 Å². The van der Waals surface area contributed by atoms with Crippen LogP contribution >= 0.6 is 11.3 Å². The Bertz CT molecular complexity index is 988. The Morgan fingerprint density at radius 3 is 2.96 bits per heavy atom. The van der Waals surface area contributed by atoms with Crippen LogP contribution in [0.3, 0.4) is 0 Å². The van der Waals surface area contributed by atoms with Crippen LogP contribution in [0.1, 0.15) is 32.6 Å². The van der Waals surface area contributed by atoms with E-state index in [-0.39, 0.29) is 17.4 Å². The molecule has 146 valence electrons. The molecule has 2 saturated heterocycles. The van der Waals surface area contributed by atoms with E-state index in [9.17, 15) is 5.11 Å². The molecule has 8 heteroatoms. The van der Waals surface area contributed by atoms with Crippen molar-refractivity contribution in [1.82, 2.24) is 24.6 Å². The van der Waals surface area contributed by atoms with Crippen LogP contribution in [0, 0.1) is 0 Å². The van der Waals surface area contributed by atoms with E-state index in [0.29, 0.717) is 21.8 Å². The molecule has 5 rings (SSSR count). The van der Waals surface area contributed by atoms with Gasteiger partial charge in [0.2, 0.25) is 0 Å². The number of benzene rings is 1. The zero-order valence-electron chi connectivity index (χ0n) is 15.9. The van der Waals surface area contributed by atoms with Gasteiger partial charge in [0.05, 0.1) is 17.6 Å². The smallest absolute Gasteiger partial charge is 0.294 e. The highest BCUT2D eigenvalue weighted by atomic mass is 32.1. The van der Waals surface area contributed by atoms with E-state index in [1.165, 1.54) is 24.2 Å². The summed E-state index contributed by atoms with van der Waals surface area (Å²) in [5, 5.41) is 20.2. The summed E-state index contributed by atoms with van der Waals surface area (Å²) in [6.07, 6.45) is 9.92. The van der Waals surface area contributed by atoms with Crippen LogP contribution in [0.4, 0.5) is 0 Å². The molecule has 2 aromatic heterocycles. The molecule has 7 nitrogen and oxygen atoms in total. The normalized spacial score (nSPS) is 27.2. The molecule has 4 heterocycles. The first-order valence-electron chi connectivity index (χ1n) is 9.57. The zero-order valence-corrected chi connectivity index (χ0v) is 16.8. The molecule has 3 atom stereocenters. The number of ether oxygens (including phenoxy) is 1. The number of imidazole rings is 1. The van der Waals surface area contributed by atoms with Crippen molar-refractivity contribution in [2.75, 3.05) is 7.05 Å². The fourth-order valence-corrected chi connectivity index (χ4v) is 5.36. The average molecular weight is 398 g/mol. The lowest BCUT2D eigenvalue weighted by Gasteiger charge is -2.43. The van der Waals surface area contributed by atoms with E-state index < -0.39 is 0 Å².